The maximum atomic E-state index is 13.6. The number of aryl methyl sites for hydroxylation is 1. The summed E-state index contributed by atoms with van der Waals surface area (Å²) in [5.41, 5.74) is 0.222. The van der Waals surface area contributed by atoms with Gasteiger partial charge in [0.2, 0.25) is 11.7 Å². The van der Waals surface area contributed by atoms with E-state index in [2.05, 4.69) is 25.6 Å². The lowest BCUT2D eigenvalue weighted by Crippen LogP contribution is -2.35. The summed E-state index contributed by atoms with van der Waals surface area (Å²) in [6, 6.07) is -0.202. The summed E-state index contributed by atoms with van der Waals surface area (Å²) in [7, 11) is 1.45. The van der Waals surface area contributed by atoms with Crippen LogP contribution in [0.5, 0.6) is 11.6 Å². The molecule has 0 atom stereocenters. The maximum Gasteiger partial charge on any atom is 0.407 e. The minimum atomic E-state index is -2.64. The number of hydrogen-bond donors (Lipinski definition) is 2. The lowest BCUT2D eigenvalue weighted by molar-refractivity contribution is -0.0361. The van der Waals surface area contributed by atoms with Crippen molar-refractivity contribution in [3.63, 3.8) is 0 Å². The molecule has 2 N–H and O–H groups in total. The zero-order valence-corrected chi connectivity index (χ0v) is 20.9. The molecule has 0 bridgehead atoms. The van der Waals surface area contributed by atoms with Crippen molar-refractivity contribution in [3.05, 3.63) is 11.1 Å². The first-order chi connectivity index (χ1) is 16.0. The van der Waals surface area contributed by atoms with Gasteiger partial charge in [0.15, 0.2) is 16.6 Å². The third-order valence-electron chi connectivity index (χ3n) is 4.91. The topological polar surface area (TPSA) is 107 Å². The number of nitrogens with zero attached hydrogens (tertiary/aromatic N) is 3. The molecule has 3 rings (SSSR count). The van der Waals surface area contributed by atoms with Gasteiger partial charge in [0.25, 0.3) is 5.88 Å². The number of aromatic nitrogens is 3. The van der Waals surface area contributed by atoms with Gasteiger partial charge in [-0.05, 0) is 40.5 Å². The van der Waals surface area contributed by atoms with Gasteiger partial charge in [0, 0.05) is 30.0 Å². The van der Waals surface area contributed by atoms with Crippen LogP contribution in [-0.4, -0.2) is 58.9 Å². The number of hydrogen-bond acceptors (Lipinski definition) is 9. The summed E-state index contributed by atoms with van der Waals surface area (Å²) >= 11 is 1.39. The molecule has 0 spiro atoms. The molecule has 2 heterocycles. The van der Waals surface area contributed by atoms with E-state index in [0.717, 1.165) is 5.69 Å². The fraction of sp³-hybridized carbons (Fsp3) is 0.636. The summed E-state index contributed by atoms with van der Waals surface area (Å²) in [6.45, 7) is 7.45. The van der Waals surface area contributed by atoms with Crippen molar-refractivity contribution in [1.29, 1.82) is 0 Å². The zero-order chi connectivity index (χ0) is 24.9. The Kier molecular flexibility index (Phi) is 8.11. The second kappa shape index (κ2) is 10.7. The van der Waals surface area contributed by atoms with E-state index in [4.69, 9.17) is 14.2 Å². The Labute approximate surface area is 201 Å². The van der Waals surface area contributed by atoms with E-state index in [1.165, 1.54) is 18.4 Å². The van der Waals surface area contributed by atoms with Gasteiger partial charge < -0.3 is 24.8 Å². The molecule has 9 nitrogen and oxygen atoms in total. The molecule has 0 saturated heterocycles. The predicted octanol–water partition coefficient (Wildman–Crippen LogP) is 4.81. The highest BCUT2D eigenvalue weighted by Gasteiger charge is 2.35. The molecule has 0 aromatic carbocycles. The standard InChI is InChI=1S/C22H31F2N5O4S/c1-13-12-34-19(26-13)17-28-16(27-14-6-8-22(23,24)9-7-14)15(18(29-17)31-5)32-11-10-25-20(30)33-21(2,3)4/h12,14H,6-11H2,1-5H3,(H,25,30)(H,27,28,29). The van der Waals surface area contributed by atoms with E-state index in [1.807, 2.05) is 12.3 Å². The van der Waals surface area contributed by atoms with Gasteiger partial charge in [0.1, 0.15) is 12.2 Å². The van der Waals surface area contributed by atoms with E-state index in [9.17, 15) is 13.6 Å². The number of amides is 1. The van der Waals surface area contributed by atoms with Gasteiger partial charge in [-0.3, -0.25) is 0 Å². The second-order valence-electron chi connectivity index (χ2n) is 9.08. The lowest BCUT2D eigenvalue weighted by Gasteiger charge is -2.29. The minimum absolute atomic E-state index is 0.0894. The summed E-state index contributed by atoms with van der Waals surface area (Å²) in [4.78, 5) is 25.3. The molecule has 12 heteroatoms. The lowest BCUT2D eigenvalue weighted by atomic mass is 9.92. The number of halogens is 2. The first-order valence-corrected chi connectivity index (χ1v) is 12.0. The molecule has 188 valence electrons. The number of rotatable bonds is 8. The van der Waals surface area contributed by atoms with E-state index in [0.29, 0.717) is 29.5 Å². The highest BCUT2D eigenvalue weighted by atomic mass is 32.1. The Morgan fingerprint density at radius 2 is 1.94 bits per heavy atom. The Bertz CT molecular complexity index is 986. The maximum absolute atomic E-state index is 13.6. The Morgan fingerprint density at radius 3 is 2.53 bits per heavy atom. The highest BCUT2D eigenvalue weighted by molar-refractivity contribution is 7.13. The van der Waals surface area contributed by atoms with Crippen LogP contribution in [0.3, 0.4) is 0 Å². The first kappa shape index (κ1) is 25.9. The summed E-state index contributed by atoms with van der Waals surface area (Å²) < 4.78 is 43.8. The number of ether oxygens (including phenoxy) is 3. The Morgan fingerprint density at radius 1 is 1.24 bits per heavy atom. The van der Waals surface area contributed by atoms with Gasteiger partial charge in [-0.25, -0.2) is 23.5 Å². The van der Waals surface area contributed by atoms with Crippen LogP contribution in [0.4, 0.5) is 19.4 Å². The molecule has 1 saturated carbocycles. The largest absolute Gasteiger partial charge is 0.483 e. The fourth-order valence-corrected chi connectivity index (χ4v) is 4.07. The van der Waals surface area contributed by atoms with Crippen molar-refractivity contribution in [2.45, 2.75) is 70.9 Å². The molecule has 0 unspecified atom stereocenters. The molecule has 2 aromatic rings. The minimum Gasteiger partial charge on any atom is -0.483 e. The SMILES string of the molecule is COc1nc(-c2nc(C)cs2)nc(NC2CCC(F)(F)CC2)c1OCCNC(=O)OC(C)(C)C. The summed E-state index contributed by atoms with van der Waals surface area (Å²) in [5.74, 6) is -1.54. The van der Waals surface area contributed by atoms with Crippen molar-refractivity contribution in [2.24, 2.45) is 0 Å². The van der Waals surface area contributed by atoms with E-state index in [1.54, 1.807) is 20.8 Å². The molecule has 1 fully saturated rings. The Hall–Kier alpha value is -2.76. The van der Waals surface area contributed by atoms with Crippen molar-refractivity contribution in [1.82, 2.24) is 20.3 Å². The molecular formula is C22H31F2N5O4S. The van der Waals surface area contributed by atoms with Gasteiger partial charge >= 0.3 is 6.09 Å². The first-order valence-electron chi connectivity index (χ1n) is 11.1. The number of carbonyl (C=O) groups excluding carboxylic acids is 1. The smallest absolute Gasteiger partial charge is 0.407 e. The third kappa shape index (κ3) is 7.37. The van der Waals surface area contributed by atoms with Crippen molar-refractivity contribution in [2.75, 3.05) is 25.6 Å². The molecule has 1 aliphatic carbocycles. The average molecular weight is 500 g/mol. The van der Waals surface area contributed by atoms with Gasteiger partial charge in [-0.15, -0.1) is 11.3 Å². The number of anilines is 1. The number of methoxy groups -OCH3 is 1. The normalized spacial score (nSPS) is 16.1. The number of alkyl carbamates (subject to hydrolysis) is 1. The van der Waals surface area contributed by atoms with Crippen LogP contribution in [0.2, 0.25) is 0 Å². The fourth-order valence-electron chi connectivity index (χ4n) is 3.35. The monoisotopic (exact) mass is 499 g/mol. The number of carbonyl (C=O) groups is 1. The van der Waals surface area contributed by atoms with E-state index in [-0.39, 0.29) is 43.7 Å². The molecule has 1 aliphatic rings. The molecule has 0 aliphatic heterocycles. The van der Waals surface area contributed by atoms with Crippen molar-refractivity contribution < 1.29 is 27.8 Å². The number of alkyl halides is 2. The van der Waals surface area contributed by atoms with Crippen LogP contribution >= 0.6 is 11.3 Å². The highest BCUT2D eigenvalue weighted by Crippen LogP contribution is 2.39. The second-order valence-corrected chi connectivity index (χ2v) is 9.94. The summed E-state index contributed by atoms with van der Waals surface area (Å²) in [5, 5.41) is 8.34. The van der Waals surface area contributed by atoms with Gasteiger partial charge in [-0.1, -0.05) is 0 Å². The van der Waals surface area contributed by atoms with Crippen LogP contribution < -0.4 is 20.1 Å². The zero-order valence-electron chi connectivity index (χ0n) is 20.0. The third-order valence-corrected chi connectivity index (χ3v) is 5.87. The molecule has 0 radical (unpaired) electrons. The van der Waals surface area contributed by atoms with Gasteiger partial charge in [0.05, 0.1) is 13.7 Å². The molecular weight excluding hydrogens is 468 g/mol. The number of thiazole rings is 1. The van der Waals surface area contributed by atoms with Crippen LogP contribution in [0.1, 0.15) is 52.1 Å². The van der Waals surface area contributed by atoms with Gasteiger partial charge in [-0.2, -0.15) is 4.98 Å². The van der Waals surface area contributed by atoms with E-state index < -0.39 is 17.6 Å². The predicted molar refractivity (Wildman–Crippen MR) is 125 cm³/mol. The quantitative estimate of drug-likeness (QED) is 0.498. The molecule has 2 aromatic heterocycles. The molecule has 34 heavy (non-hydrogen) atoms. The average Bonchev–Trinajstić information content (AvgIpc) is 3.18. The van der Waals surface area contributed by atoms with Crippen molar-refractivity contribution >= 4 is 23.2 Å². The van der Waals surface area contributed by atoms with Crippen LogP contribution in [0, 0.1) is 6.92 Å². The van der Waals surface area contributed by atoms with Crippen molar-refractivity contribution in [3.8, 4) is 22.5 Å². The van der Waals surface area contributed by atoms with Crippen LogP contribution in [0.15, 0.2) is 5.38 Å². The molecule has 1 amide bonds. The van der Waals surface area contributed by atoms with E-state index >= 15 is 0 Å². The summed E-state index contributed by atoms with van der Waals surface area (Å²) in [6.07, 6.45) is -0.353. The van der Waals surface area contributed by atoms with Crippen LogP contribution in [0.25, 0.3) is 10.8 Å². The number of nitrogens with one attached hydrogen (secondary N) is 2. The Balaban J connectivity index is 1.77. The van der Waals surface area contributed by atoms with Crippen LogP contribution in [-0.2, 0) is 4.74 Å².